The number of hydrogen-bond acceptors (Lipinski definition) is 3. The van der Waals surface area contributed by atoms with Gasteiger partial charge in [0.2, 0.25) is 0 Å². The Morgan fingerprint density at radius 3 is 2.86 bits per heavy atom. The number of unbranched alkanes of at least 4 members (excludes halogenated alkanes) is 4. The topological polar surface area (TPSA) is 35.5 Å². The molecule has 2 aliphatic rings. The van der Waals surface area contributed by atoms with Crippen molar-refractivity contribution in [2.75, 3.05) is 0 Å². The van der Waals surface area contributed by atoms with Crippen LogP contribution >= 0.6 is 28.5 Å². The van der Waals surface area contributed by atoms with Gasteiger partial charge >= 0.3 is 5.97 Å². The fourth-order valence-corrected chi connectivity index (χ4v) is 6.23. The van der Waals surface area contributed by atoms with E-state index in [1.54, 1.807) is 0 Å². The molecule has 0 radical (unpaired) electrons. The van der Waals surface area contributed by atoms with Gasteiger partial charge in [-0.3, -0.25) is 4.79 Å². The molecule has 0 aromatic rings. The Hall–Kier alpha value is 0.330. The van der Waals surface area contributed by atoms with Crippen LogP contribution in [0.15, 0.2) is 12.2 Å². The van der Waals surface area contributed by atoms with E-state index in [1.807, 2.05) is 0 Å². The number of rotatable bonds is 11. The Morgan fingerprint density at radius 1 is 1.25 bits per heavy atom. The summed E-state index contributed by atoms with van der Waals surface area (Å²) < 4.78 is 12.1. The fourth-order valence-electron chi connectivity index (χ4n) is 4.87. The second-order valence-corrected chi connectivity index (χ2v) is 10.5. The van der Waals surface area contributed by atoms with Gasteiger partial charge in [0, 0.05) is 18.8 Å². The molecule has 0 bridgehead atoms. The van der Waals surface area contributed by atoms with Crippen LogP contribution in [0.4, 0.5) is 0 Å². The highest BCUT2D eigenvalue weighted by molar-refractivity contribution is 14.2. The van der Waals surface area contributed by atoms with Crippen molar-refractivity contribution in [2.24, 2.45) is 17.8 Å². The van der Waals surface area contributed by atoms with E-state index in [4.69, 9.17) is 9.26 Å². The lowest BCUT2D eigenvalue weighted by molar-refractivity contribution is -0.151. The first kappa shape index (κ1) is 24.6. The maximum absolute atomic E-state index is 12.2. The summed E-state index contributed by atoms with van der Waals surface area (Å²) in [6.45, 7) is 5.17. The predicted molar refractivity (Wildman–Crippen MR) is 128 cm³/mol. The van der Waals surface area contributed by atoms with E-state index in [1.165, 1.54) is 51.4 Å². The van der Waals surface area contributed by atoms with Crippen LogP contribution < -0.4 is 0 Å². The van der Waals surface area contributed by atoms with E-state index in [-0.39, 0.29) is 18.2 Å². The molecule has 3 nitrogen and oxygen atoms in total. The van der Waals surface area contributed by atoms with E-state index < -0.39 is 0 Å². The average Bonchev–Trinajstić information content (AvgIpc) is 2.99. The minimum absolute atomic E-state index is 0.0120. The number of carbonyl (C=O) groups is 1. The zero-order valence-corrected chi connectivity index (χ0v) is 21.0. The molecule has 1 saturated carbocycles. The highest BCUT2D eigenvalue weighted by Gasteiger charge is 2.45. The first-order valence-electron chi connectivity index (χ1n) is 11.5. The number of allylic oxidation sites excluding steroid dienone is 2. The lowest BCUT2D eigenvalue weighted by Gasteiger charge is -2.27. The van der Waals surface area contributed by atoms with Crippen molar-refractivity contribution >= 4 is 34.5 Å². The Kier molecular flexibility index (Phi) is 12.6. The molecule has 1 aliphatic carbocycles. The molecule has 0 amide bonds. The third-order valence-corrected chi connectivity index (χ3v) is 7.72. The number of halogens is 1. The maximum atomic E-state index is 12.2. The molecule has 0 N–H and O–H groups in total. The Morgan fingerprint density at radius 2 is 2.07 bits per heavy atom. The summed E-state index contributed by atoms with van der Waals surface area (Å²) in [7, 11) is 0. The monoisotopic (exact) mass is 522 g/mol. The smallest absolute Gasteiger partial charge is 0.306 e. The van der Waals surface area contributed by atoms with Crippen molar-refractivity contribution in [3.05, 3.63) is 12.2 Å². The molecule has 1 fully saturated rings. The molecule has 0 spiro atoms. The van der Waals surface area contributed by atoms with Crippen LogP contribution in [0.3, 0.4) is 0 Å². The van der Waals surface area contributed by atoms with Crippen molar-refractivity contribution in [2.45, 2.75) is 110 Å². The van der Waals surface area contributed by atoms with E-state index in [0.29, 0.717) is 24.7 Å². The minimum Gasteiger partial charge on any atom is -0.462 e. The van der Waals surface area contributed by atoms with Crippen LogP contribution in [0.2, 0.25) is 0 Å². The number of fused-ring (bicyclic) bond motifs is 1. The molecule has 1 aliphatic heterocycles. The molecular formula is C23H40IO3P. The molecule has 2 rings (SSSR count). The molecule has 0 saturated heterocycles. The summed E-state index contributed by atoms with van der Waals surface area (Å²) in [6.07, 6.45) is 19.9. The third-order valence-electron chi connectivity index (χ3n) is 6.57. The second-order valence-electron chi connectivity index (χ2n) is 8.81. The molecule has 1 heterocycles. The van der Waals surface area contributed by atoms with Gasteiger partial charge in [0.25, 0.3) is 0 Å². The predicted octanol–water partition coefficient (Wildman–Crippen LogP) is 7.77. The lowest BCUT2D eigenvalue weighted by Crippen LogP contribution is -2.26. The molecule has 5 heteroatoms. The van der Waals surface area contributed by atoms with Crippen LogP contribution in [-0.2, 0) is 14.1 Å². The van der Waals surface area contributed by atoms with E-state index in [9.17, 15) is 4.79 Å². The third kappa shape index (κ3) is 8.60. The molecule has 2 unspecified atom stereocenters. The number of hydrogen-bond donors (Lipinski definition) is 0. The van der Waals surface area contributed by atoms with Gasteiger partial charge in [-0.1, -0.05) is 70.9 Å². The van der Waals surface area contributed by atoms with E-state index >= 15 is 0 Å². The Bertz CT molecular complexity index is 471. The van der Waals surface area contributed by atoms with Gasteiger partial charge in [-0.2, -0.15) is 0 Å². The number of ether oxygens (including phenoxy) is 1. The average molecular weight is 522 g/mol. The van der Waals surface area contributed by atoms with Crippen molar-refractivity contribution in [3.63, 3.8) is 0 Å². The molecule has 28 heavy (non-hydrogen) atoms. The fraction of sp³-hybridized carbons (Fsp3) is 0.870. The van der Waals surface area contributed by atoms with Gasteiger partial charge in [0.05, 0.1) is 12.6 Å². The van der Waals surface area contributed by atoms with Gasteiger partial charge in [0.15, 0.2) is 0 Å². The number of carbonyl (C=O) groups excluding carboxylic acids is 1. The zero-order valence-electron chi connectivity index (χ0n) is 17.8. The highest BCUT2D eigenvalue weighted by atomic mass is 127. The first-order valence-corrected chi connectivity index (χ1v) is 15.5. The summed E-state index contributed by atoms with van der Waals surface area (Å²) in [5.41, 5.74) is 0. The first-order chi connectivity index (χ1) is 13.7. The van der Waals surface area contributed by atoms with E-state index in [2.05, 4.69) is 48.0 Å². The van der Waals surface area contributed by atoms with Crippen molar-refractivity contribution in [1.82, 2.24) is 0 Å². The van der Waals surface area contributed by atoms with E-state index in [0.717, 1.165) is 31.6 Å². The molecule has 6 atom stereocenters. The number of esters is 1. The SMILES string of the molecule is CCCCCCCC(C)CC[C@@H]1[C@H]2C/C=C\CCCC(=O)O[C@H]2C[C@H]1OPI. The largest absolute Gasteiger partial charge is 0.462 e. The van der Waals surface area contributed by atoms with Crippen LogP contribution in [0.5, 0.6) is 0 Å². The summed E-state index contributed by atoms with van der Waals surface area (Å²) in [5.74, 6) is 1.71. The molecule has 0 aromatic carbocycles. The quantitative estimate of drug-likeness (QED) is 0.0915. The summed E-state index contributed by atoms with van der Waals surface area (Å²) >= 11 is 2.33. The Labute approximate surface area is 187 Å². The van der Waals surface area contributed by atoms with Gasteiger partial charge in [-0.05, 0) is 59.6 Å². The minimum atomic E-state index is -0.0120. The van der Waals surface area contributed by atoms with Crippen molar-refractivity contribution < 1.29 is 14.1 Å². The summed E-state index contributed by atoms with van der Waals surface area (Å²) in [5, 5.41) is 0. The second kappa shape index (κ2) is 14.4. The standard InChI is InChI=1S/C23H40IO3P/c1-3-4-5-6-9-12-18(2)15-16-20-19-13-10-7-8-11-14-23(25)26-21(19)17-22(20)27-28-24/h7,10,18-22,28H,3-6,8-9,11-17H2,1-2H3/b10-7-/t18?,19-,20-,21+,22-/m1/s1. The summed E-state index contributed by atoms with van der Waals surface area (Å²) in [4.78, 5) is 12.2. The van der Waals surface area contributed by atoms with Crippen LogP contribution in [-0.4, -0.2) is 18.2 Å². The van der Waals surface area contributed by atoms with Crippen molar-refractivity contribution in [3.8, 4) is 0 Å². The van der Waals surface area contributed by atoms with Gasteiger partial charge in [0.1, 0.15) is 6.10 Å². The Balaban J connectivity index is 1.90. The zero-order chi connectivity index (χ0) is 20.2. The molecule has 162 valence electrons. The lowest BCUT2D eigenvalue weighted by atomic mass is 9.84. The molecular weight excluding hydrogens is 482 g/mol. The van der Waals surface area contributed by atoms with Gasteiger partial charge in [-0.15, -0.1) is 0 Å². The summed E-state index contributed by atoms with van der Waals surface area (Å²) in [6, 6.07) is 0. The van der Waals surface area contributed by atoms with Crippen molar-refractivity contribution in [1.29, 1.82) is 0 Å². The molecule has 0 aromatic heterocycles. The van der Waals surface area contributed by atoms with Crippen LogP contribution in [0.1, 0.15) is 97.3 Å². The van der Waals surface area contributed by atoms with Gasteiger partial charge in [-0.25, -0.2) is 0 Å². The maximum Gasteiger partial charge on any atom is 0.306 e. The highest BCUT2D eigenvalue weighted by Crippen LogP contribution is 2.45. The normalized spacial score (nSPS) is 30.9. The van der Waals surface area contributed by atoms with Crippen LogP contribution in [0, 0.1) is 17.8 Å². The van der Waals surface area contributed by atoms with Gasteiger partial charge < -0.3 is 9.26 Å². The van der Waals surface area contributed by atoms with Crippen LogP contribution in [0.25, 0.3) is 0 Å².